The van der Waals surface area contributed by atoms with E-state index in [1.807, 2.05) is 42.5 Å². The van der Waals surface area contributed by atoms with E-state index in [1.54, 1.807) is 12.1 Å². The zero-order chi connectivity index (χ0) is 15.8. The molecule has 112 valence electrons. The lowest BCUT2D eigenvalue weighted by Crippen LogP contribution is -1.91. The molecule has 23 heavy (non-hydrogen) atoms. The van der Waals surface area contributed by atoms with E-state index in [1.165, 1.54) is 0 Å². The molecule has 2 heterocycles. The van der Waals surface area contributed by atoms with Gasteiger partial charge in [-0.2, -0.15) is 5.10 Å². The fourth-order valence-electron chi connectivity index (χ4n) is 2.45. The zero-order valence-corrected chi connectivity index (χ0v) is 13.3. The van der Waals surface area contributed by atoms with Crippen LogP contribution in [0.5, 0.6) is 0 Å². The number of H-pyrrole nitrogens is 1. The van der Waals surface area contributed by atoms with Crippen LogP contribution in [0.4, 0.5) is 0 Å². The lowest BCUT2D eigenvalue weighted by atomic mass is 10.1. The van der Waals surface area contributed by atoms with Crippen molar-refractivity contribution in [2.45, 2.75) is 0 Å². The Kier molecular flexibility index (Phi) is 3.48. The number of rotatable bonds is 2. The number of hydrogen-bond acceptors (Lipinski definition) is 3. The first kappa shape index (κ1) is 14.2. The lowest BCUT2D eigenvalue weighted by Gasteiger charge is -2.03. The minimum Gasteiger partial charge on any atom is -0.275 e. The first-order valence-electron chi connectivity index (χ1n) is 6.95. The smallest absolute Gasteiger partial charge is 0.186 e. The molecule has 0 fully saturated rings. The van der Waals surface area contributed by atoms with E-state index < -0.39 is 0 Å². The molecular weight excluding hydrogens is 331 g/mol. The van der Waals surface area contributed by atoms with Crippen LogP contribution in [-0.2, 0) is 0 Å². The molecule has 0 saturated carbocycles. The van der Waals surface area contributed by atoms with Crippen LogP contribution in [0.1, 0.15) is 0 Å². The van der Waals surface area contributed by atoms with Crippen molar-refractivity contribution in [2.24, 2.45) is 0 Å². The van der Waals surface area contributed by atoms with Crippen LogP contribution in [0, 0.1) is 0 Å². The van der Waals surface area contributed by atoms with Crippen molar-refractivity contribution >= 4 is 34.2 Å². The molecule has 0 bridgehead atoms. The van der Waals surface area contributed by atoms with Crippen LogP contribution in [0.2, 0.25) is 10.2 Å². The Balaban J connectivity index is 1.91. The van der Waals surface area contributed by atoms with Gasteiger partial charge in [-0.15, -0.1) is 0 Å². The van der Waals surface area contributed by atoms with Gasteiger partial charge in [-0.25, -0.2) is 9.97 Å². The molecule has 4 nitrogen and oxygen atoms in total. The molecule has 4 rings (SSSR count). The number of nitrogens with zero attached hydrogens (tertiary/aromatic N) is 3. The minimum absolute atomic E-state index is 0.359. The van der Waals surface area contributed by atoms with E-state index in [-0.39, 0.29) is 0 Å². The molecule has 0 aliphatic rings. The average Bonchev–Trinajstić information content (AvgIpc) is 3.00. The maximum Gasteiger partial charge on any atom is 0.186 e. The first-order chi connectivity index (χ1) is 11.2. The maximum atomic E-state index is 6.40. The highest BCUT2D eigenvalue weighted by Gasteiger charge is 2.16. The van der Waals surface area contributed by atoms with Crippen LogP contribution < -0.4 is 0 Å². The first-order valence-corrected chi connectivity index (χ1v) is 7.71. The Hall–Kier alpha value is -2.43. The van der Waals surface area contributed by atoms with Crippen molar-refractivity contribution in [1.29, 1.82) is 0 Å². The summed E-state index contributed by atoms with van der Waals surface area (Å²) in [4.78, 5) is 8.90. The largest absolute Gasteiger partial charge is 0.275 e. The van der Waals surface area contributed by atoms with Crippen molar-refractivity contribution in [2.75, 3.05) is 0 Å². The molecule has 0 amide bonds. The molecule has 0 spiro atoms. The number of aromatic nitrogens is 4. The average molecular weight is 341 g/mol. The molecule has 6 heteroatoms. The molecule has 4 aromatic rings. The molecule has 0 radical (unpaired) electrons. The van der Waals surface area contributed by atoms with Gasteiger partial charge in [-0.3, -0.25) is 5.10 Å². The van der Waals surface area contributed by atoms with Crippen molar-refractivity contribution in [1.82, 2.24) is 20.2 Å². The second kappa shape index (κ2) is 5.65. The van der Waals surface area contributed by atoms with E-state index in [2.05, 4.69) is 20.2 Å². The molecular formula is C17H10Cl2N4. The molecule has 0 aliphatic carbocycles. The zero-order valence-electron chi connectivity index (χ0n) is 11.8. The predicted molar refractivity (Wildman–Crippen MR) is 92.6 cm³/mol. The van der Waals surface area contributed by atoms with E-state index in [0.29, 0.717) is 27.0 Å². The molecule has 2 aromatic heterocycles. The van der Waals surface area contributed by atoms with Gasteiger partial charge in [0, 0.05) is 16.1 Å². The van der Waals surface area contributed by atoms with Gasteiger partial charge >= 0.3 is 0 Å². The molecule has 0 saturated heterocycles. The van der Waals surface area contributed by atoms with E-state index in [4.69, 9.17) is 23.2 Å². The number of benzene rings is 2. The van der Waals surface area contributed by atoms with E-state index in [9.17, 15) is 0 Å². The van der Waals surface area contributed by atoms with Crippen LogP contribution in [-0.4, -0.2) is 20.2 Å². The second-order valence-corrected chi connectivity index (χ2v) is 5.81. The Morgan fingerprint density at radius 3 is 2.39 bits per heavy atom. The monoisotopic (exact) mass is 340 g/mol. The van der Waals surface area contributed by atoms with Gasteiger partial charge in [0.25, 0.3) is 0 Å². The van der Waals surface area contributed by atoms with E-state index >= 15 is 0 Å². The van der Waals surface area contributed by atoms with Crippen molar-refractivity contribution < 1.29 is 0 Å². The van der Waals surface area contributed by atoms with Crippen LogP contribution in [0.25, 0.3) is 33.7 Å². The maximum absolute atomic E-state index is 6.40. The van der Waals surface area contributed by atoms with Crippen molar-refractivity contribution in [3.63, 3.8) is 0 Å². The molecule has 0 unspecified atom stereocenters. The molecule has 0 atom stereocenters. The topological polar surface area (TPSA) is 54.5 Å². The summed E-state index contributed by atoms with van der Waals surface area (Å²) in [6, 6.07) is 17.2. The van der Waals surface area contributed by atoms with Gasteiger partial charge in [-0.05, 0) is 12.1 Å². The van der Waals surface area contributed by atoms with Gasteiger partial charge in [-0.1, -0.05) is 65.7 Å². The summed E-state index contributed by atoms with van der Waals surface area (Å²) in [5, 5.41) is 8.96. The minimum atomic E-state index is 0.359. The lowest BCUT2D eigenvalue weighted by molar-refractivity contribution is 1.09. The van der Waals surface area contributed by atoms with Gasteiger partial charge in [0.15, 0.2) is 11.5 Å². The van der Waals surface area contributed by atoms with Crippen LogP contribution in [0.15, 0.2) is 54.6 Å². The number of nitrogens with one attached hydrogen (secondary N) is 1. The summed E-state index contributed by atoms with van der Waals surface area (Å²) in [5.41, 5.74) is 3.11. The third-order valence-electron chi connectivity index (χ3n) is 3.51. The fourth-order valence-corrected chi connectivity index (χ4v) is 2.90. The Morgan fingerprint density at radius 2 is 1.61 bits per heavy atom. The Labute approximate surface area is 142 Å². The van der Waals surface area contributed by atoms with Gasteiger partial charge in [0.05, 0.1) is 11.1 Å². The Morgan fingerprint density at radius 1 is 0.826 bits per heavy atom. The summed E-state index contributed by atoms with van der Waals surface area (Å²) in [5.74, 6) is 0.496. The molecule has 2 aromatic carbocycles. The van der Waals surface area contributed by atoms with E-state index in [0.717, 1.165) is 16.8 Å². The third-order valence-corrected chi connectivity index (χ3v) is 4.02. The highest BCUT2D eigenvalue weighted by Crippen LogP contribution is 2.32. The summed E-state index contributed by atoms with van der Waals surface area (Å²) in [7, 11) is 0. The normalized spacial score (nSPS) is 11.0. The molecule has 1 N–H and O–H groups in total. The second-order valence-electron chi connectivity index (χ2n) is 5.01. The fraction of sp³-hybridized carbons (Fsp3) is 0. The predicted octanol–water partition coefficient (Wildman–Crippen LogP) is 4.99. The number of hydrogen-bond donors (Lipinski definition) is 1. The summed E-state index contributed by atoms with van der Waals surface area (Å²) >= 11 is 12.4. The summed E-state index contributed by atoms with van der Waals surface area (Å²) in [6.07, 6.45) is 0. The van der Waals surface area contributed by atoms with Crippen molar-refractivity contribution in [3.05, 3.63) is 64.8 Å². The standard InChI is InChI=1S/C17H10Cl2N4/c18-12-8-4-7-11(9-12)16-20-15(19)13-14(22-23-17(13)21-16)10-5-2-1-3-6-10/h1-9H,(H,20,21,22,23). The van der Waals surface area contributed by atoms with Gasteiger partial charge < -0.3 is 0 Å². The highest BCUT2D eigenvalue weighted by atomic mass is 35.5. The number of fused-ring (bicyclic) bond motifs is 1. The summed E-state index contributed by atoms with van der Waals surface area (Å²) in [6.45, 7) is 0. The third kappa shape index (κ3) is 2.56. The SMILES string of the molecule is Clc1cccc(-c2nc(Cl)c3c(-c4ccccc4)[nH]nc3n2)c1. The highest BCUT2D eigenvalue weighted by molar-refractivity contribution is 6.35. The number of aromatic amines is 1. The van der Waals surface area contributed by atoms with Gasteiger partial charge in [0.1, 0.15) is 5.15 Å². The van der Waals surface area contributed by atoms with Crippen molar-refractivity contribution in [3.8, 4) is 22.6 Å². The van der Waals surface area contributed by atoms with Gasteiger partial charge in [0.2, 0.25) is 0 Å². The Bertz CT molecular complexity index is 996. The summed E-state index contributed by atoms with van der Waals surface area (Å²) < 4.78 is 0. The van der Waals surface area contributed by atoms with Crippen LogP contribution >= 0.6 is 23.2 Å². The quantitative estimate of drug-likeness (QED) is 0.522. The molecule has 0 aliphatic heterocycles. The van der Waals surface area contributed by atoms with Crippen LogP contribution in [0.3, 0.4) is 0 Å². The number of halogens is 2.